The van der Waals surface area contributed by atoms with Gasteiger partial charge in [0.15, 0.2) is 0 Å². The molecule has 0 saturated carbocycles. The largest absolute Gasteiger partial charge is 0.544 e. The van der Waals surface area contributed by atoms with Crippen molar-refractivity contribution in [3.63, 3.8) is 0 Å². The fourth-order valence-corrected chi connectivity index (χ4v) is 4.71. The van der Waals surface area contributed by atoms with Gasteiger partial charge in [0.25, 0.3) is 0 Å². The van der Waals surface area contributed by atoms with E-state index in [1.165, 1.54) is 17.5 Å². The van der Waals surface area contributed by atoms with Gasteiger partial charge in [-0.05, 0) is 85.6 Å². The van der Waals surface area contributed by atoms with Crippen LogP contribution < -0.4 is 9.16 Å². The number of rotatable bonds is 7. The van der Waals surface area contributed by atoms with Crippen molar-refractivity contribution in [3.8, 4) is 11.5 Å². The van der Waals surface area contributed by atoms with Crippen molar-refractivity contribution in [2.45, 2.75) is 83.2 Å². The molecule has 0 amide bonds. The molecule has 0 spiro atoms. The van der Waals surface area contributed by atoms with E-state index in [1.54, 1.807) is 7.11 Å². The van der Waals surface area contributed by atoms with E-state index < -0.39 is 8.32 Å². The van der Waals surface area contributed by atoms with E-state index >= 15 is 0 Å². The smallest absolute Gasteiger partial charge is 0.250 e. The molecule has 3 rings (SSSR count). The molecule has 1 aliphatic heterocycles. The van der Waals surface area contributed by atoms with Crippen LogP contribution in [0, 0.1) is 0 Å². The second-order valence-corrected chi connectivity index (χ2v) is 14.7. The molecule has 4 heteroatoms. The lowest BCUT2D eigenvalue weighted by atomic mass is 9.95. The average Bonchev–Trinajstić information content (AvgIpc) is 2.72. The van der Waals surface area contributed by atoms with Crippen LogP contribution in [0.25, 0.3) is 0 Å². The third kappa shape index (κ3) is 5.89. The summed E-state index contributed by atoms with van der Waals surface area (Å²) in [6, 6.07) is 17.0. The summed E-state index contributed by atoms with van der Waals surface area (Å²) in [6.07, 6.45) is 6.11. The summed E-state index contributed by atoms with van der Waals surface area (Å²) in [5.41, 5.74) is 2.61. The topological polar surface area (TPSA) is 27.7 Å². The van der Waals surface area contributed by atoms with Crippen molar-refractivity contribution < 1.29 is 13.9 Å². The Labute approximate surface area is 183 Å². The Morgan fingerprint density at radius 2 is 1.57 bits per heavy atom. The normalized spacial score (nSPS) is 20.1. The minimum Gasteiger partial charge on any atom is -0.544 e. The van der Waals surface area contributed by atoms with Gasteiger partial charge in [-0.15, -0.1) is 0 Å². The molecule has 0 radical (unpaired) electrons. The second kappa shape index (κ2) is 9.57. The van der Waals surface area contributed by atoms with Gasteiger partial charge in [-0.2, -0.15) is 0 Å². The van der Waals surface area contributed by atoms with E-state index in [4.69, 9.17) is 13.9 Å². The predicted molar refractivity (Wildman–Crippen MR) is 127 cm³/mol. The molecule has 0 unspecified atom stereocenters. The van der Waals surface area contributed by atoms with Gasteiger partial charge in [-0.3, -0.25) is 0 Å². The number of hydrogen-bond donors (Lipinski definition) is 0. The highest BCUT2D eigenvalue weighted by atomic mass is 28.4. The van der Waals surface area contributed by atoms with Crippen molar-refractivity contribution in [2.75, 3.05) is 7.11 Å². The van der Waals surface area contributed by atoms with Gasteiger partial charge in [0.05, 0.1) is 19.3 Å². The van der Waals surface area contributed by atoms with Crippen molar-refractivity contribution in [2.24, 2.45) is 0 Å². The van der Waals surface area contributed by atoms with Gasteiger partial charge < -0.3 is 13.9 Å². The number of hydrogen-bond acceptors (Lipinski definition) is 3. The first kappa shape index (κ1) is 22.9. The van der Waals surface area contributed by atoms with Gasteiger partial charge >= 0.3 is 0 Å². The van der Waals surface area contributed by atoms with Gasteiger partial charge in [0.1, 0.15) is 11.5 Å². The van der Waals surface area contributed by atoms with Crippen LogP contribution in [0.3, 0.4) is 0 Å². The minimum atomic E-state index is -1.78. The third-order valence-electron chi connectivity index (χ3n) is 6.69. The van der Waals surface area contributed by atoms with Crippen LogP contribution in [0.4, 0.5) is 0 Å². The zero-order valence-corrected chi connectivity index (χ0v) is 20.5. The third-order valence-corrected chi connectivity index (χ3v) is 11.1. The number of benzene rings is 2. The van der Waals surface area contributed by atoms with E-state index in [0.717, 1.165) is 37.2 Å². The van der Waals surface area contributed by atoms with E-state index in [0.29, 0.717) is 6.10 Å². The van der Waals surface area contributed by atoms with E-state index in [9.17, 15) is 0 Å². The first-order valence-electron chi connectivity index (χ1n) is 11.3. The summed E-state index contributed by atoms with van der Waals surface area (Å²) in [7, 11) is -0.0798. The Hall–Kier alpha value is -1.78. The molecule has 0 aromatic heterocycles. The number of aryl methyl sites for hydroxylation is 1. The lowest BCUT2D eigenvalue weighted by Gasteiger charge is -2.36. The highest BCUT2D eigenvalue weighted by Crippen LogP contribution is 2.37. The zero-order chi connectivity index (χ0) is 21.8. The van der Waals surface area contributed by atoms with E-state index in [2.05, 4.69) is 70.3 Å². The molecule has 2 atom stereocenters. The molecule has 2 aromatic carbocycles. The van der Waals surface area contributed by atoms with Crippen LogP contribution >= 0.6 is 0 Å². The number of ether oxygens (including phenoxy) is 2. The first-order chi connectivity index (χ1) is 14.2. The molecule has 2 aromatic rings. The molecule has 1 heterocycles. The predicted octanol–water partition coefficient (Wildman–Crippen LogP) is 7.32. The maximum atomic E-state index is 6.43. The Bertz CT molecular complexity index is 791. The van der Waals surface area contributed by atoms with Crippen LogP contribution in [-0.2, 0) is 11.2 Å². The summed E-state index contributed by atoms with van der Waals surface area (Å²) >= 11 is 0. The highest BCUT2D eigenvalue weighted by molar-refractivity contribution is 6.74. The van der Waals surface area contributed by atoms with Crippen LogP contribution in [0.5, 0.6) is 11.5 Å². The molecular weight excluding hydrogens is 388 g/mol. The maximum absolute atomic E-state index is 6.43. The highest BCUT2D eigenvalue weighted by Gasteiger charge is 2.38. The lowest BCUT2D eigenvalue weighted by Crippen LogP contribution is -2.43. The molecule has 1 aliphatic rings. The Morgan fingerprint density at radius 1 is 0.933 bits per heavy atom. The first-order valence-corrected chi connectivity index (χ1v) is 14.2. The lowest BCUT2D eigenvalue weighted by molar-refractivity contribution is -0.0546. The van der Waals surface area contributed by atoms with Crippen molar-refractivity contribution in [1.82, 2.24) is 0 Å². The SMILES string of the molecule is COc1ccc([C@H]2CCC[C@H](CCc3ccc(O[Si](C)(C)C(C)(C)C)cc3)O2)cc1. The molecule has 0 aliphatic carbocycles. The molecule has 1 fully saturated rings. The van der Waals surface area contributed by atoms with Crippen LogP contribution in [-0.4, -0.2) is 21.5 Å². The Kier molecular flexibility index (Phi) is 7.30. The fourth-order valence-electron chi connectivity index (χ4n) is 3.68. The van der Waals surface area contributed by atoms with Gasteiger partial charge in [0, 0.05) is 0 Å². The van der Waals surface area contributed by atoms with Gasteiger partial charge in [0.2, 0.25) is 8.32 Å². The Morgan fingerprint density at radius 3 is 2.17 bits per heavy atom. The number of methoxy groups -OCH3 is 1. The van der Waals surface area contributed by atoms with Gasteiger partial charge in [-0.1, -0.05) is 45.0 Å². The van der Waals surface area contributed by atoms with Crippen molar-refractivity contribution >= 4 is 8.32 Å². The van der Waals surface area contributed by atoms with Gasteiger partial charge in [-0.25, -0.2) is 0 Å². The fraction of sp³-hybridized carbons (Fsp3) is 0.538. The molecule has 1 saturated heterocycles. The quantitative estimate of drug-likeness (QED) is 0.434. The van der Waals surface area contributed by atoms with E-state index in [-0.39, 0.29) is 11.1 Å². The standard InChI is InChI=1S/C26H38O3Si/c1-26(2,3)30(5,6)29-24-16-11-20(12-17-24)10-15-23-8-7-9-25(28-23)21-13-18-22(27-4)19-14-21/h11-14,16-19,23,25H,7-10,15H2,1-6H3/t23-,25-/m1/s1. The summed E-state index contributed by atoms with van der Waals surface area (Å²) in [6.45, 7) is 11.4. The molecule has 0 bridgehead atoms. The average molecular weight is 427 g/mol. The van der Waals surface area contributed by atoms with Crippen LogP contribution in [0.1, 0.15) is 63.7 Å². The molecule has 164 valence electrons. The second-order valence-electron chi connectivity index (χ2n) is 10.00. The van der Waals surface area contributed by atoms with Crippen molar-refractivity contribution in [3.05, 3.63) is 59.7 Å². The summed E-state index contributed by atoms with van der Waals surface area (Å²) in [4.78, 5) is 0. The van der Waals surface area contributed by atoms with Crippen LogP contribution in [0.2, 0.25) is 18.1 Å². The monoisotopic (exact) mass is 426 g/mol. The Balaban J connectivity index is 1.52. The maximum Gasteiger partial charge on any atom is 0.250 e. The van der Waals surface area contributed by atoms with Crippen LogP contribution in [0.15, 0.2) is 48.5 Å². The molecule has 30 heavy (non-hydrogen) atoms. The van der Waals surface area contributed by atoms with Crippen molar-refractivity contribution in [1.29, 1.82) is 0 Å². The van der Waals surface area contributed by atoms with E-state index in [1.807, 2.05) is 12.1 Å². The minimum absolute atomic E-state index is 0.204. The molecule has 3 nitrogen and oxygen atoms in total. The summed E-state index contributed by atoms with van der Waals surface area (Å²) in [5, 5.41) is 0.213. The molecule has 0 N–H and O–H groups in total. The summed E-state index contributed by atoms with van der Waals surface area (Å²) in [5.74, 6) is 1.89. The summed E-state index contributed by atoms with van der Waals surface area (Å²) < 4.78 is 18.1. The molecular formula is C26H38O3Si. The zero-order valence-electron chi connectivity index (χ0n) is 19.5.